The molecule has 0 unspecified atom stereocenters. The topological polar surface area (TPSA) is 51.1 Å². The van der Waals surface area contributed by atoms with Crippen LogP contribution >= 0.6 is 0 Å². The average molecular weight is 276 g/mol. The number of carbonyl (C=O) groups excluding carboxylic acids is 1. The van der Waals surface area contributed by atoms with Crippen molar-refractivity contribution in [3.8, 4) is 5.75 Å². The number of para-hydroxylation sites is 1. The Balaban J connectivity index is 2.21. The highest BCUT2D eigenvalue weighted by Crippen LogP contribution is 2.39. The molecule has 108 valence electrons. The number of benzene rings is 1. The Morgan fingerprint density at radius 2 is 2.25 bits per heavy atom. The minimum absolute atomic E-state index is 0.126. The van der Waals surface area contributed by atoms with E-state index in [2.05, 4.69) is 11.7 Å². The molecular weight excluding hydrogens is 256 g/mol. The minimum Gasteiger partial charge on any atom is -0.487 e. The largest absolute Gasteiger partial charge is 0.487 e. The molecule has 0 radical (unpaired) electrons. The first kappa shape index (κ1) is 14.5. The third-order valence-corrected chi connectivity index (χ3v) is 3.19. The monoisotopic (exact) mass is 276 g/mol. The van der Waals surface area contributed by atoms with Gasteiger partial charge in [-0.3, -0.25) is 9.79 Å². The SMILES string of the molecule is C=Nc1cccc(N2CCCC2=O)c1OCCOCC. The first-order valence-electron chi connectivity index (χ1n) is 6.88. The van der Waals surface area contributed by atoms with Crippen molar-refractivity contribution in [1.82, 2.24) is 0 Å². The molecule has 1 heterocycles. The molecule has 0 spiro atoms. The quantitative estimate of drug-likeness (QED) is 0.568. The van der Waals surface area contributed by atoms with Crippen molar-refractivity contribution in [2.45, 2.75) is 19.8 Å². The van der Waals surface area contributed by atoms with Crippen molar-refractivity contribution >= 4 is 24.0 Å². The molecule has 1 amide bonds. The summed E-state index contributed by atoms with van der Waals surface area (Å²) in [5.41, 5.74) is 1.42. The Morgan fingerprint density at radius 1 is 1.40 bits per heavy atom. The highest BCUT2D eigenvalue weighted by molar-refractivity contribution is 5.97. The van der Waals surface area contributed by atoms with Crippen LogP contribution in [0, 0.1) is 0 Å². The van der Waals surface area contributed by atoms with Crippen LogP contribution in [-0.2, 0) is 9.53 Å². The lowest BCUT2D eigenvalue weighted by molar-refractivity contribution is -0.117. The van der Waals surface area contributed by atoms with Gasteiger partial charge in [-0.1, -0.05) is 6.07 Å². The molecule has 5 heteroatoms. The van der Waals surface area contributed by atoms with Gasteiger partial charge in [0.05, 0.1) is 12.3 Å². The number of ether oxygens (including phenoxy) is 2. The van der Waals surface area contributed by atoms with Gasteiger partial charge in [0, 0.05) is 19.6 Å². The molecule has 5 nitrogen and oxygen atoms in total. The number of rotatable bonds is 7. The van der Waals surface area contributed by atoms with E-state index < -0.39 is 0 Å². The summed E-state index contributed by atoms with van der Waals surface area (Å²) in [4.78, 5) is 17.6. The van der Waals surface area contributed by atoms with Crippen molar-refractivity contribution in [3.05, 3.63) is 18.2 Å². The van der Waals surface area contributed by atoms with Crippen LogP contribution in [0.3, 0.4) is 0 Å². The van der Waals surface area contributed by atoms with Gasteiger partial charge in [0.2, 0.25) is 5.91 Å². The second-order valence-electron chi connectivity index (χ2n) is 4.48. The summed E-state index contributed by atoms with van der Waals surface area (Å²) < 4.78 is 11.0. The zero-order valence-corrected chi connectivity index (χ0v) is 11.8. The Labute approximate surface area is 119 Å². The van der Waals surface area contributed by atoms with E-state index in [1.807, 2.05) is 25.1 Å². The molecule has 0 aliphatic carbocycles. The molecule has 2 rings (SSSR count). The van der Waals surface area contributed by atoms with Gasteiger partial charge >= 0.3 is 0 Å². The first-order chi connectivity index (χ1) is 9.77. The summed E-state index contributed by atoms with van der Waals surface area (Å²) in [7, 11) is 0. The third-order valence-electron chi connectivity index (χ3n) is 3.19. The molecule has 1 aliphatic rings. The number of anilines is 1. The molecule has 0 atom stereocenters. The Kier molecular flexibility index (Phi) is 5.12. The van der Waals surface area contributed by atoms with Gasteiger partial charge in [0.15, 0.2) is 5.75 Å². The number of carbonyl (C=O) groups is 1. The predicted octanol–water partition coefficient (Wildman–Crippen LogP) is 2.56. The predicted molar refractivity (Wildman–Crippen MR) is 79.2 cm³/mol. The van der Waals surface area contributed by atoms with Crippen LogP contribution < -0.4 is 9.64 Å². The molecule has 0 aromatic heterocycles. The van der Waals surface area contributed by atoms with E-state index in [1.54, 1.807) is 4.90 Å². The lowest BCUT2D eigenvalue weighted by Gasteiger charge is -2.21. The lowest BCUT2D eigenvalue weighted by atomic mass is 10.2. The van der Waals surface area contributed by atoms with E-state index >= 15 is 0 Å². The van der Waals surface area contributed by atoms with Crippen molar-refractivity contribution in [3.63, 3.8) is 0 Å². The van der Waals surface area contributed by atoms with E-state index in [1.165, 1.54) is 0 Å². The molecule has 20 heavy (non-hydrogen) atoms. The summed E-state index contributed by atoms with van der Waals surface area (Å²) in [5, 5.41) is 0. The van der Waals surface area contributed by atoms with Gasteiger partial charge in [-0.2, -0.15) is 0 Å². The highest BCUT2D eigenvalue weighted by Gasteiger charge is 2.25. The number of hydrogen-bond donors (Lipinski definition) is 0. The molecular formula is C15H20N2O3. The Bertz CT molecular complexity index is 488. The minimum atomic E-state index is 0.126. The number of amides is 1. The van der Waals surface area contributed by atoms with E-state index in [4.69, 9.17) is 9.47 Å². The van der Waals surface area contributed by atoms with Crippen molar-refractivity contribution < 1.29 is 14.3 Å². The van der Waals surface area contributed by atoms with Crippen LogP contribution in [0.5, 0.6) is 5.75 Å². The van der Waals surface area contributed by atoms with Gasteiger partial charge in [-0.05, 0) is 32.2 Å². The van der Waals surface area contributed by atoms with E-state index in [0.717, 1.165) is 18.7 Å². The Morgan fingerprint density at radius 3 is 2.90 bits per heavy atom. The average Bonchev–Trinajstić information content (AvgIpc) is 2.89. The fourth-order valence-corrected chi connectivity index (χ4v) is 2.25. The summed E-state index contributed by atoms with van der Waals surface area (Å²) in [6.45, 7) is 7.81. The van der Waals surface area contributed by atoms with Gasteiger partial charge < -0.3 is 14.4 Å². The van der Waals surface area contributed by atoms with Gasteiger partial charge in [0.1, 0.15) is 12.3 Å². The van der Waals surface area contributed by atoms with E-state index in [-0.39, 0.29) is 5.91 Å². The highest BCUT2D eigenvalue weighted by atomic mass is 16.5. The van der Waals surface area contributed by atoms with Gasteiger partial charge in [-0.25, -0.2) is 0 Å². The molecule has 1 aromatic carbocycles. The van der Waals surface area contributed by atoms with E-state index in [9.17, 15) is 4.79 Å². The molecule has 0 bridgehead atoms. The molecule has 1 aromatic rings. The second-order valence-corrected chi connectivity index (χ2v) is 4.48. The summed E-state index contributed by atoms with van der Waals surface area (Å²) in [6.07, 6.45) is 1.47. The zero-order valence-electron chi connectivity index (χ0n) is 11.8. The molecule has 1 saturated heterocycles. The zero-order chi connectivity index (χ0) is 14.4. The van der Waals surface area contributed by atoms with Crippen LogP contribution in [0.25, 0.3) is 0 Å². The van der Waals surface area contributed by atoms with Crippen molar-refractivity contribution in [1.29, 1.82) is 0 Å². The second kappa shape index (κ2) is 7.05. The maximum absolute atomic E-state index is 11.9. The number of aliphatic imine (C=N–C) groups is 1. The summed E-state index contributed by atoms with van der Waals surface area (Å²) in [5.74, 6) is 0.735. The normalized spacial score (nSPS) is 14.7. The molecule has 0 N–H and O–H groups in total. The van der Waals surface area contributed by atoms with Crippen LogP contribution in [0.15, 0.2) is 23.2 Å². The maximum atomic E-state index is 11.9. The number of nitrogens with zero attached hydrogens (tertiary/aromatic N) is 2. The molecule has 1 fully saturated rings. The smallest absolute Gasteiger partial charge is 0.227 e. The van der Waals surface area contributed by atoms with Gasteiger partial charge in [0.25, 0.3) is 0 Å². The third kappa shape index (κ3) is 3.17. The Hall–Kier alpha value is -1.88. The van der Waals surface area contributed by atoms with Gasteiger partial charge in [-0.15, -0.1) is 0 Å². The maximum Gasteiger partial charge on any atom is 0.227 e. The van der Waals surface area contributed by atoms with Crippen LogP contribution in [-0.4, -0.2) is 39.0 Å². The first-order valence-corrected chi connectivity index (χ1v) is 6.88. The van der Waals surface area contributed by atoms with Crippen LogP contribution in [0.1, 0.15) is 19.8 Å². The van der Waals surface area contributed by atoms with E-state index in [0.29, 0.717) is 37.7 Å². The van der Waals surface area contributed by atoms with Crippen LogP contribution in [0.2, 0.25) is 0 Å². The standard InChI is InChI=1S/C15H20N2O3/c1-3-19-10-11-20-15-12(16-2)6-4-7-13(15)17-9-5-8-14(17)18/h4,6-7H,2-3,5,8-11H2,1H3. The van der Waals surface area contributed by atoms with Crippen molar-refractivity contribution in [2.24, 2.45) is 4.99 Å². The molecule has 1 aliphatic heterocycles. The molecule has 0 saturated carbocycles. The fourth-order valence-electron chi connectivity index (χ4n) is 2.25. The lowest BCUT2D eigenvalue weighted by Crippen LogP contribution is -2.24. The fraction of sp³-hybridized carbons (Fsp3) is 0.467. The summed E-state index contributed by atoms with van der Waals surface area (Å²) in [6, 6.07) is 5.57. The number of hydrogen-bond acceptors (Lipinski definition) is 4. The van der Waals surface area contributed by atoms with Crippen LogP contribution in [0.4, 0.5) is 11.4 Å². The van der Waals surface area contributed by atoms with Crippen molar-refractivity contribution in [2.75, 3.05) is 31.3 Å². The summed E-state index contributed by atoms with van der Waals surface area (Å²) >= 11 is 0.